The van der Waals surface area contributed by atoms with Crippen molar-refractivity contribution in [2.24, 2.45) is 5.92 Å². The molecule has 1 aromatic heterocycles. The number of carboxylic acids is 1. The second-order valence-corrected chi connectivity index (χ2v) is 6.65. The fourth-order valence-electron chi connectivity index (χ4n) is 3.14. The molecule has 0 spiro atoms. The van der Waals surface area contributed by atoms with E-state index in [9.17, 15) is 9.59 Å². The predicted octanol–water partition coefficient (Wildman–Crippen LogP) is 3.73. The first-order valence-corrected chi connectivity index (χ1v) is 8.64. The van der Waals surface area contributed by atoms with E-state index in [1.165, 1.54) is 0 Å². The fraction of sp³-hybridized carbons (Fsp3) is 0.316. The summed E-state index contributed by atoms with van der Waals surface area (Å²) in [5, 5.41) is 9.30. The molecule has 1 aliphatic heterocycles. The molecule has 1 fully saturated rings. The van der Waals surface area contributed by atoms with Gasteiger partial charge in [-0.05, 0) is 43.0 Å². The molecule has 2 aromatic rings. The molecule has 3 rings (SSSR count). The minimum Gasteiger partial charge on any atom is -0.481 e. The summed E-state index contributed by atoms with van der Waals surface area (Å²) in [5.41, 5.74) is 2.09. The number of aromatic nitrogens is 1. The number of carbonyl (C=O) groups is 2. The standard InChI is InChI=1S/C19H19ClN2O3/c20-16-5-4-14(17-3-1-2-8-21-17)12-15(16)19(25)22-9-6-13(7-10-22)11-18(23)24/h1-5,8,12-13H,6-7,9-11H2,(H,23,24). The molecule has 0 unspecified atom stereocenters. The first kappa shape index (κ1) is 17.4. The van der Waals surface area contributed by atoms with Crippen LogP contribution in [-0.4, -0.2) is 40.0 Å². The van der Waals surface area contributed by atoms with Crippen molar-refractivity contribution in [1.82, 2.24) is 9.88 Å². The Hall–Kier alpha value is -2.40. The van der Waals surface area contributed by atoms with Crippen LogP contribution >= 0.6 is 11.6 Å². The van der Waals surface area contributed by atoms with E-state index >= 15 is 0 Å². The molecule has 1 aliphatic rings. The number of hydrogen-bond donors (Lipinski definition) is 1. The number of piperidine rings is 1. The van der Waals surface area contributed by atoms with Crippen LogP contribution in [0.3, 0.4) is 0 Å². The van der Waals surface area contributed by atoms with Crippen molar-refractivity contribution in [2.75, 3.05) is 13.1 Å². The van der Waals surface area contributed by atoms with E-state index in [2.05, 4.69) is 4.98 Å². The number of hydrogen-bond acceptors (Lipinski definition) is 3. The second kappa shape index (κ2) is 7.66. The number of likely N-dealkylation sites (tertiary alicyclic amines) is 1. The molecule has 0 atom stereocenters. The Kier molecular flexibility index (Phi) is 5.34. The smallest absolute Gasteiger partial charge is 0.303 e. The zero-order valence-corrected chi connectivity index (χ0v) is 14.4. The summed E-state index contributed by atoms with van der Waals surface area (Å²) >= 11 is 6.25. The molecular formula is C19H19ClN2O3. The summed E-state index contributed by atoms with van der Waals surface area (Å²) in [6.07, 6.45) is 3.28. The Labute approximate surface area is 151 Å². The lowest BCUT2D eigenvalue weighted by Gasteiger charge is -2.31. The van der Waals surface area contributed by atoms with Crippen molar-refractivity contribution < 1.29 is 14.7 Å². The Balaban J connectivity index is 1.75. The van der Waals surface area contributed by atoms with Crippen LogP contribution < -0.4 is 0 Å². The van der Waals surface area contributed by atoms with Crippen LogP contribution in [0.1, 0.15) is 29.6 Å². The number of pyridine rings is 1. The fourth-order valence-corrected chi connectivity index (χ4v) is 3.34. The number of aliphatic carboxylic acids is 1. The highest BCUT2D eigenvalue weighted by Gasteiger charge is 2.26. The monoisotopic (exact) mass is 358 g/mol. The Morgan fingerprint density at radius 3 is 2.60 bits per heavy atom. The molecule has 0 radical (unpaired) electrons. The van der Waals surface area contributed by atoms with Gasteiger partial charge in [0.2, 0.25) is 0 Å². The van der Waals surface area contributed by atoms with Crippen molar-refractivity contribution in [3.8, 4) is 11.3 Å². The van der Waals surface area contributed by atoms with Crippen LogP contribution in [0.15, 0.2) is 42.6 Å². The molecule has 2 heterocycles. The maximum atomic E-state index is 12.8. The number of rotatable bonds is 4. The van der Waals surface area contributed by atoms with Gasteiger partial charge in [0.05, 0.1) is 16.3 Å². The molecule has 1 amide bonds. The van der Waals surface area contributed by atoms with Crippen LogP contribution in [-0.2, 0) is 4.79 Å². The van der Waals surface area contributed by atoms with Crippen molar-refractivity contribution in [3.63, 3.8) is 0 Å². The van der Waals surface area contributed by atoms with Crippen LogP contribution in [0.5, 0.6) is 0 Å². The van der Waals surface area contributed by atoms with E-state index < -0.39 is 5.97 Å². The minimum atomic E-state index is -0.782. The van der Waals surface area contributed by atoms with Gasteiger partial charge in [-0.15, -0.1) is 0 Å². The van der Waals surface area contributed by atoms with Gasteiger partial charge in [-0.2, -0.15) is 0 Å². The predicted molar refractivity (Wildman–Crippen MR) is 95.6 cm³/mol. The van der Waals surface area contributed by atoms with Gasteiger partial charge in [-0.1, -0.05) is 23.7 Å². The summed E-state index contributed by atoms with van der Waals surface area (Å²) in [4.78, 5) is 29.7. The third-order valence-electron chi connectivity index (χ3n) is 4.52. The average molecular weight is 359 g/mol. The highest BCUT2D eigenvalue weighted by molar-refractivity contribution is 6.34. The number of amides is 1. The van der Waals surface area contributed by atoms with Gasteiger partial charge in [0.15, 0.2) is 0 Å². The van der Waals surface area contributed by atoms with Gasteiger partial charge in [0.1, 0.15) is 0 Å². The quantitative estimate of drug-likeness (QED) is 0.904. The van der Waals surface area contributed by atoms with E-state index in [4.69, 9.17) is 16.7 Å². The summed E-state index contributed by atoms with van der Waals surface area (Å²) in [6, 6.07) is 11.0. The molecule has 130 valence electrons. The number of halogens is 1. The van der Waals surface area contributed by atoms with E-state index in [1.54, 1.807) is 23.2 Å². The molecule has 0 aliphatic carbocycles. The van der Waals surface area contributed by atoms with Gasteiger partial charge in [0, 0.05) is 31.3 Å². The zero-order valence-electron chi connectivity index (χ0n) is 13.7. The van der Waals surface area contributed by atoms with Gasteiger partial charge in [-0.3, -0.25) is 14.6 Å². The molecule has 6 heteroatoms. The maximum Gasteiger partial charge on any atom is 0.303 e. The van der Waals surface area contributed by atoms with Crippen molar-refractivity contribution in [2.45, 2.75) is 19.3 Å². The van der Waals surface area contributed by atoms with Crippen LogP contribution in [0, 0.1) is 5.92 Å². The van der Waals surface area contributed by atoms with Crippen molar-refractivity contribution >= 4 is 23.5 Å². The van der Waals surface area contributed by atoms with Crippen LogP contribution in [0.4, 0.5) is 0 Å². The third-order valence-corrected chi connectivity index (χ3v) is 4.85. The molecule has 0 saturated carbocycles. The normalized spacial score (nSPS) is 15.2. The molecule has 25 heavy (non-hydrogen) atoms. The lowest BCUT2D eigenvalue weighted by Crippen LogP contribution is -2.39. The summed E-state index contributed by atoms with van der Waals surface area (Å²) in [7, 11) is 0. The zero-order chi connectivity index (χ0) is 17.8. The SMILES string of the molecule is O=C(O)CC1CCN(C(=O)c2cc(-c3ccccn3)ccc2Cl)CC1. The Bertz CT molecular complexity index is 771. The number of carboxylic acid groups (broad SMARTS) is 1. The van der Waals surface area contributed by atoms with Crippen LogP contribution in [0.25, 0.3) is 11.3 Å². The number of carbonyl (C=O) groups excluding carboxylic acids is 1. The van der Waals surface area contributed by atoms with E-state index in [0.717, 1.165) is 11.3 Å². The van der Waals surface area contributed by atoms with Crippen molar-refractivity contribution in [3.05, 3.63) is 53.2 Å². The molecular weight excluding hydrogens is 340 g/mol. The van der Waals surface area contributed by atoms with E-state index in [1.807, 2.05) is 24.3 Å². The van der Waals surface area contributed by atoms with Gasteiger partial charge in [0.25, 0.3) is 5.91 Å². The molecule has 1 N–H and O–H groups in total. The van der Waals surface area contributed by atoms with Gasteiger partial charge >= 0.3 is 5.97 Å². The Morgan fingerprint density at radius 1 is 1.20 bits per heavy atom. The van der Waals surface area contributed by atoms with Gasteiger partial charge < -0.3 is 10.0 Å². The molecule has 1 aromatic carbocycles. The minimum absolute atomic E-state index is 0.114. The summed E-state index contributed by atoms with van der Waals surface area (Å²) in [6.45, 7) is 1.11. The summed E-state index contributed by atoms with van der Waals surface area (Å²) in [5.74, 6) is -0.760. The highest BCUT2D eigenvalue weighted by atomic mass is 35.5. The first-order valence-electron chi connectivity index (χ1n) is 8.26. The Morgan fingerprint density at radius 2 is 1.96 bits per heavy atom. The lowest BCUT2D eigenvalue weighted by molar-refractivity contribution is -0.138. The molecule has 1 saturated heterocycles. The number of benzene rings is 1. The first-order chi connectivity index (χ1) is 12.0. The van der Waals surface area contributed by atoms with Crippen LogP contribution in [0.2, 0.25) is 5.02 Å². The van der Waals surface area contributed by atoms with E-state index in [-0.39, 0.29) is 18.2 Å². The van der Waals surface area contributed by atoms with E-state index in [0.29, 0.717) is 36.5 Å². The largest absolute Gasteiger partial charge is 0.481 e. The third kappa shape index (κ3) is 4.17. The summed E-state index contributed by atoms with van der Waals surface area (Å²) < 4.78 is 0. The van der Waals surface area contributed by atoms with Gasteiger partial charge in [-0.25, -0.2) is 0 Å². The van der Waals surface area contributed by atoms with Crippen molar-refractivity contribution in [1.29, 1.82) is 0 Å². The maximum absolute atomic E-state index is 12.8. The average Bonchev–Trinajstić information content (AvgIpc) is 2.62. The second-order valence-electron chi connectivity index (χ2n) is 6.24. The molecule has 0 bridgehead atoms. The lowest BCUT2D eigenvalue weighted by atomic mass is 9.93. The number of nitrogens with zero attached hydrogens (tertiary/aromatic N) is 2. The molecule has 5 nitrogen and oxygen atoms in total. The highest BCUT2D eigenvalue weighted by Crippen LogP contribution is 2.27. The topological polar surface area (TPSA) is 70.5 Å².